The Bertz CT molecular complexity index is 706. The molecule has 0 bridgehead atoms. The van der Waals surface area contributed by atoms with Crippen LogP contribution in [0.1, 0.15) is 43.5 Å². The fourth-order valence-electron chi connectivity index (χ4n) is 2.60. The summed E-state index contributed by atoms with van der Waals surface area (Å²) in [6.07, 6.45) is 1.20. The minimum Gasteiger partial charge on any atom is -0.353 e. The molecule has 1 fully saturated rings. The molecule has 0 aliphatic heterocycles. The first-order valence-corrected chi connectivity index (χ1v) is 8.52. The molecule has 1 aliphatic rings. The van der Waals surface area contributed by atoms with Gasteiger partial charge in [-0.3, -0.25) is 0 Å². The number of hydrogen-bond acceptors (Lipinski definition) is 3. The minimum absolute atomic E-state index is 0.188. The van der Waals surface area contributed by atoms with E-state index in [9.17, 15) is 0 Å². The van der Waals surface area contributed by atoms with Crippen LogP contribution in [0.2, 0.25) is 0 Å². The lowest BCUT2D eigenvalue weighted by Crippen LogP contribution is -2.40. The van der Waals surface area contributed by atoms with Crippen LogP contribution in [0.4, 0.5) is 0 Å². The summed E-state index contributed by atoms with van der Waals surface area (Å²) in [5, 5.41) is 15.3. The number of nitrogens with one attached hydrogen (secondary N) is 2. The second-order valence-electron chi connectivity index (χ2n) is 6.63. The second kappa shape index (κ2) is 7.03. The summed E-state index contributed by atoms with van der Waals surface area (Å²) in [5.41, 5.74) is 1.24. The zero-order valence-electron chi connectivity index (χ0n) is 14.8. The third-order valence-electron chi connectivity index (χ3n) is 4.65. The molecule has 2 aromatic rings. The van der Waals surface area contributed by atoms with Gasteiger partial charge in [-0.2, -0.15) is 0 Å². The van der Waals surface area contributed by atoms with Gasteiger partial charge in [-0.05, 0) is 31.7 Å². The molecule has 1 saturated carbocycles. The van der Waals surface area contributed by atoms with Crippen molar-refractivity contribution < 1.29 is 0 Å². The van der Waals surface area contributed by atoms with Gasteiger partial charge >= 0.3 is 0 Å². The first-order chi connectivity index (χ1) is 11.5. The van der Waals surface area contributed by atoms with E-state index < -0.39 is 0 Å². The molecule has 3 atom stereocenters. The van der Waals surface area contributed by atoms with E-state index in [2.05, 4.69) is 58.9 Å². The van der Waals surface area contributed by atoms with E-state index in [1.54, 1.807) is 0 Å². The molecule has 6 heteroatoms. The molecule has 1 heterocycles. The summed E-state index contributed by atoms with van der Waals surface area (Å²) in [5.74, 6) is 3.31. The Hall–Kier alpha value is -2.37. The van der Waals surface area contributed by atoms with Gasteiger partial charge in [-0.25, -0.2) is 4.99 Å². The first kappa shape index (κ1) is 16.5. The maximum Gasteiger partial charge on any atom is 0.192 e. The Kier molecular flexibility index (Phi) is 4.83. The van der Waals surface area contributed by atoms with Crippen molar-refractivity contribution in [2.75, 3.05) is 0 Å². The van der Waals surface area contributed by atoms with E-state index in [4.69, 9.17) is 4.99 Å². The van der Waals surface area contributed by atoms with Gasteiger partial charge in [0.1, 0.15) is 12.4 Å². The molecule has 128 valence electrons. The van der Waals surface area contributed by atoms with Crippen LogP contribution >= 0.6 is 0 Å². The number of nitrogens with zero attached hydrogens (tertiary/aromatic N) is 4. The van der Waals surface area contributed by atoms with Crippen molar-refractivity contribution in [3.63, 3.8) is 0 Å². The van der Waals surface area contributed by atoms with Crippen LogP contribution in [0.25, 0.3) is 0 Å². The Balaban J connectivity index is 1.70. The van der Waals surface area contributed by atoms with Crippen molar-refractivity contribution in [2.24, 2.45) is 18.0 Å². The Morgan fingerprint density at radius 2 is 2.04 bits per heavy atom. The lowest BCUT2D eigenvalue weighted by atomic mass is 10.1. The number of benzene rings is 1. The summed E-state index contributed by atoms with van der Waals surface area (Å²) >= 11 is 0. The van der Waals surface area contributed by atoms with Crippen molar-refractivity contribution in [1.29, 1.82) is 0 Å². The summed E-state index contributed by atoms with van der Waals surface area (Å²) in [6.45, 7) is 6.85. The van der Waals surface area contributed by atoms with Gasteiger partial charge in [-0.15, -0.1) is 10.2 Å². The third-order valence-corrected chi connectivity index (χ3v) is 4.65. The van der Waals surface area contributed by atoms with Crippen LogP contribution in [0.5, 0.6) is 0 Å². The van der Waals surface area contributed by atoms with E-state index in [-0.39, 0.29) is 6.04 Å². The molecule has 1 aromatic heterocycles. The molecule has 3 unspecified atom stereocenters. The van der Waals surface area contributed by atoms with Crippen LogP contribution in [0, 0.1) is 12.8 Å². The molecule has 0 radical (unpaired) electrons. The Morgan fingerprint density at radius 3 is 2.62 bits per heavy atom. The average Bonchev–Trinajstić information content (AvgIpc) is 3.19. The Labute approximate surface area is 143 Å². The summed E-state index contributed by atoms with van der Waals surface area (Å²) in [6, 6.07) is 11.1. The molecule has 1 aromatic carbocycles. The largest absolute Gasteiger partial charge is 0.353 e. The lowest BCUT2D eigenvalue weighted by molar-refractivity contribution is 0.667. The highest BCUT2D eigenvalue weighted by atomic mass is 15.3. The monoisotopic (exact) mass is 326 g/mol. The molecule has 0 amide bonds. The average molecular weight is 326 g/mol. The molecule has 0 spiro atoms. The predicted molar refractivity (Wildman–Crippen MR) is 95.6 cm³/mol. The van der Waals surface area contributed by atoms with Crippen molar-refractivity contribution in [3.8, 4) is 0 Å². The number of aryl methyl sites for hydroxylation is 1. The van der Waals surface area contributed by atoms with E-state index in [1.165, 1.54) is 12.0 Å². The molecule has 3 rings (SSSR count). The Morgan fingerprint density at radius 1 is 1.33 bits per heavy atom. The summed E-state index contributed by atoms with van der Waals surface area (Å²) in [4.78, 5) is 4.72. The quantitative estimate of drug-likeness (QED) is 0.654. The van der Waals surface area contributed by atoms with Gasteiger partial charge in [0.15, 0.2) is 11.8 Å². The van der Waals surface area contributed by atoms with E-state index in [1.807, 2.05) is 24.6 Å². The van der Waals surface area contributed by atoms with Crippen molar-refractivity contribution >= 4 is 5.96 Å². The topological polar surface area (TPSA) is 67.1 Å². The SMILES string of the molecule is Cc1nnc(CN=C(NC(C)c2ccccc2)NC2CC2C)n1C. The van der Waals surface area contributed by atoms with Gasteiger partial charge < -0.3 is 15.2 Å². The molecule has 0 saturated heterocycles. The van der Waals surface area contributed by atoms with Gasteiger partial charge in [-0.1, -0.05) is 37.3 Å². The zero-order chi connectivity index (χ0) is 17.1. The summed E-state index contributed by atoms with van der Waals surface area (Å²) < 4.78 is 1.97. The number of hydrogen-bond donors (Lipinski definition) is 2. The number of aliphatic imine (C=N–C) groups is 1. The van der Waals surface area contributed by atoms with Crippen LogP contribution in [-0.4, -0.2) is 26.8 Å². The van der Waals surface area contributed by atoms with Crippen molar-refractivity contribution in [1.82, 2.24) is 25.4 Å². The van der Waals surface area contributed by atoms with E-state index >= 15 is 0 Å². The third kappa shape index (κ3) is 3.93. The minimum atomic E-state index is 0.188. The van der Waals surface area contributed by atoms with Gasteiger partial charge in [0.05, 0.1) is 6.04 Å². The van der Waals surface area contributed by atoms with Crippen molar-refractivity contribution in [3.05, 3.63) is 47.5 Å². The van der Waals surface area contributed by atoms with Crippen LogP contribution < -0.4 is 10.6 Å². The highest BCUT2D eigenvalue weighted by Crippen LogP contribution is 2.29. The van der Waals surface area contributed by atoms with E-state index in [0.29, 0.717) is 18.5 Å². The normalized spacial score (nSPS) is 21.4. The predicted octanol–water partition coefficient (Wildman–Crippen LogP) is 2.33. The van der Waals surface area contributed by atoms with Crippen LogP contribution in [0.3, 0.4) is 0 Å². The number of guanidine groups is 1. The highest BCUT2D eigenvalue weighted by Gasteiger charge is 2.33. The molecular formula is C18H26N6. The van der Waals surface area contributed by atoms with Crippen molar-refractivity contribution in [2.45, 2.75) is 45.8 Å². The molecule has 24 heavy (non-hydrogen) atoms. The van der Waals surface area contributed by atoms with Gasteiger partial charge in [0.2, 0.25) is 0 Å². The standard InChI is InChI=1S/C18H26N6/c1-12-10-16(12)21-18(19-11-17-23-22-14(3)24(17)4)20-13(2)15-8-6-5-7-9-15/h5-9,12-13,16H,10-11H2,1-4H3,(H2,19,20,21). The van der Waals surface area contributed by atoms with E-state index in [0.717, 1.165) is 17.6 Å². The highest BCUT2D eigenvalue weighted by molar-refractivity contribution is 5.80. The second-order valence-corrected chi connectivity index (χ2v) is 6.63. The van der Waals surface area contributed by atoms with Crippen LogP contribution in [0.15, 0.2) is 35.3 Å². The van der Waals surface area contributed by atoms with Gasteiger partial charge in [0, 0.05) is 13.1 Å². The zero-order valence-corrected chi connectivity index (χ0v) is 14.8. The fraction of sp³-hybridized carbons (Fsp3) is 0.500. The molecule has 1 aliphatic carbocycles. The number of rotatable bonds is 5. The first-order valence-electron chi connectivity index (χ1n) is 8.52. The lowest BCUT2D eigenvalue weighted by Gasteiger charge is -2.18. The fourth-order valence-corrected chi connectivity index (χ4v) is 2.60. The smallest absolute Gasteiger partial charge is 0.192 e. The summed E-state index contributed by atoms with van der Waals surface area (Å²) in [7, 11) is 1.97. The molecular weight excluding hydrogens is 300 g/mol. The maximum atomic E-state index is 4.72. The van der Waals surface area contributed by atoms with Crippen LogP contribution in [-0.2, 0) is 13.6 Å². The molecule has 6 nitrogen and oxygen atoms in total. The number of aromatic nitrogens is 3. The molecule has 2 N–H and O–H groups in total. The van der Waals surface area contributed by atoms with Gasteiger partial charge in [0.25, 0.3) is 0 Å². The maximum absolute atomic E-state index is 4.72.